The van der Waals surface area contributed by atoms with Crippen LogP contribution in [-0.4, -0.2) is 93.3 Å². The van der Waals surface area contributed by atoms with E-state index in [0.717, 1.165) is 86.5 Å². The van der Waals surface area contributed by atoms with Crippen LogP contribution in [0, 0.1) is 35.2 Å². The Hall–Kier alpha value is -6.85. The average molecular weight is 1120 g/mol. The van der Waals surface area contributed by atoms with Crippen LogP contribution in [0.4, 0.5) is 47.8 Å². The summed E-state index contributed by atoms with van der Waals surface area (Å²) in [5, 5.41) is 8.28. The van der Waals surface area contributed by atoms with Gasteiger partial charge in [0.25, 0.3) is 0 Å². The maximum Gasteiger partial charge on any atom is 0.416 e. The highest BCUT2D eigenvalue weighted by molar-refractivity contribution is 5.77. The number of nitrogens with one attached hydrogen (secondary N) is 4. The number of likely N-dealkylation sites (tertiary alicyclic amines) is 2. The van der Waals surface area contributed by atoms with Crippen molar-refractivity contribution in [3.05, 3.63) is 149 Å². The van der Waals surface area contributed by atoms with Gasteiger partial charge in [0, 0.05) is 97.0 Å². The minimum atomic E-state index is -4.48. The first kappa shape index (κ1) is 57.4. The van der Waals surface area contributed by atoms with Crippen molar-refractivity contribution in [2.45, 2.75) is 142 Å². The van der Waals surface area contributed by atoms with Gasteiger partial charge in [-0.1, -0.05) is 73.9 Å². The van der Waals surface area contributed by atoms with E-state index in [1.165, 1.54) is 36.4 Å². The van der Waals surface area contributed by atoms with E-state index in [2.05, 4.69) is 98.3 Å². The van der Waals surface area contributed by atoms with Gasteiger partial charge in [-0.3, -0.25) is 0 Å². The fraction of sp³-hybridized carbons (Fsp3) is 0.492. The molecule has 81 heavy (non-hydrogen) atoms. The Kier molecular flexibility index (Phi) is 16.4. The Morgan fingerprint density at radius 2 is 1.21 bits per heavy atom. The number of rotatable bonds is 19. The van der Waals surface area contributed by atoms with Crippen LogP contribution in [0.25, 0.3) is 23.2 Å². The summed E-state index contributed by atoms with van der Waals surface area (Å²) in [6.07, 6.45) is 3.11. The predicted octanol–water partition coefficient (Wildman–Crippen LogP) is 12.4. The Labute approximate surface area is 471 Å². The average Bonchev–Trinajstić information content (AvgIpc) is 3.97. The normalized spacial score (nSPS) is 23.0. The second kappa shape index (κ2) is 23.2. The molecule has 11 nitrogen and oxygen atoms in total. The van der Waals surface area contributed by atoms with Gasteiger partial charge in [-0.05, 0) is 112 Å². The van der Waals surface area contributed by atoms with Crippen molar-refractivity contribution < 1.29 is 30.7 Å². The molecule has 4 saturated heterocycles. The highest BCUT2D eigenvalue weighted by atomic mass is 19.4. The fourth-order valence-electron chi connectivity index (χ4n) is 13.2. The number of allylic oxidation sites excluding steroid dienone is 2. The molecule has 0 bridgehead atoms. The molecule has 10 rings (SSSR count). The molecular formula is C63H78F7N11. The second-order valence-electron chi connectivity index (χ2n) is 23.5. The number of aromatic nitrogens is 4. The lowest BCUT2D eigenvalue weighted by Gasteiger charge is -2.39. The number of aromatic amines is 2. The molecule has 434 valence electrons. The first-order valence-electron chi connectivity index (χ1n) is 29.0. The van der Waals surface area contributed by atoms with Gasteiger partial charge >= 0.3 is 6.18 Å². The molecule has 0 amide bonds. The van der Waals surface area contributed by atoms with Gasteiger partial charge in [0.05, 0.1) is 57.5 Å². The van der Waals surface area contributed by atoms with Crippen molar-refractivity contribution in [3.8, 4) is 0 Å². The number of H-pyrrole nitrogens is 2. The number of anilines is 3. The molecule has 5 aromatic rings. The highest BCUT2D eigenvalue weighted by Gasteiger charge is 2.44. The van der Waals surface area contributed by atoms with Crippen molar-refractivity contribution in [1.82, 2.24) is 40.4 Å². The van der Waals surface area contributed by atoms with Crippen LogP contribution in [-0.2, 0) is 6.18 Å². The van der Waals surface area contributed by atoms with E-state index in [1.54, 1.807) is 11.0 Å². The molecule has 0 saturated carbocycles. The number of hydrogen-bond donors (Lipinski definition) is 4. The molecule has 18 heteroatoms. The molecular weight excluding hydrogens is 1040 g/mol. The number of hydrogen-bond acceptors (Lipinski definition) is 9. The molecule has 2 aromatic heterocycles. The Balaban J connectivity index is 0.976. The number of benzene rings is 3. The summed E-state index contributed by atoms with van der Waals surface area (Å²) in [5.74, 6) is -1.19. The van der Waals surface area contributed by atoms with Crippen molar-refractivity contribution in [1.29, 1.82) is 0 Å². The third kappa shape index (κ3) is 11.4. The van der Waals surface area contributed by atoms with Gasteiger partial charge in [0.15, 0.2) is 11.6 Å². The molecule has 0 radical (unpaired) electrons. The zero-order chi connectivity index (χ0) is 57.8. The Bertz CT molecular complexity index is 3260. The zero-order valence-corrected chi connectivity index (χ0v) is 47.6. The highest BCUT2D eigenvalue weighted by Crippen LogP contribution is 2.47. The topological polar surface area (TPSA) is 97.6 Å². The van der Waals surface area contributed by atoms with Crippen LogP contribution < -0.4 is 36.0 Å². The van der Waals surface area contributed by atoms with Gasteiger partial charge in [-0.15, -0.1) is 0 Å². The molecule has 4 aliphatic heterocycles. The van der Waals surface area contributed by atoms with Gasteiger partial charge in [0.2, 0.25) is 0 Å². The Morgan fingerprint density at radius 3 is 1.75 bits per heavy atom. The summed E-state index contributed by atoms with van der Waals surface area (Å²) in [6.45, 7) is 32.8. The molecule has 2 unspecified atom stereocenters. The predicted molar refractivity (Wildman–Crippen MR) is 310 cm³/mol. The van der Waals surface area contributed by atoms with Crippen molar-refractivity contribution in [3.63, 3.8) is 0 Å². The third-order valence-corrected chi connectivity index (χ3v) is 17.6. The number of fused-ring (bicyclic) bond motifs is 2. The van der Waals surface area contributed by atoms with Crippen molar-refractivity contribution >= 4 is 40.2 Å². The standard InChI is InChI=1S/C63H78F7N11/c1-11-37(7)71-58(35(3)4)39(9)79-23-13-15-56(79)61-73-50-31-44(46(64)33-52(50)75-61)54-21-22-55(45-32-51-53(34-47(45)65)76-62(74-51)57-16-14-24-80(57)40(10)59(36(5)6)72-38(8)12-2)81(54)43-29-48(66)60(49(67)30-43)78-27-25-77(26-28-78)42-19-17-41(18-20-42)63(68,69)70/h17-20,29-36,44,46,54-59,71-72H,7-16,21-28H2,1-6H3,(H,73,75)(H,74,76)/t44?,46?,54-,55-,56+,57+,58+,59+/m1/s1. The summed E-state index contributed by atoms with van der Waals surface area (Å²) < 4.78 is 108. The maximum atomic E-state index is 17.2. The number of alkyl halides is 4. The number of halogens is 7. The molecule has 4 fully saturated rings. The summed E-state index contributed by atoms with van der Waals surface area (Å²) in [4.78, 5) is 26.9. The molecule has 5 aliphatic rings. The molecule has 6 heterocycles. The first-order valence-corrected chi connectivity index (χ1v) is 29.0. The van der Waals surface area contributed by atoms with E-state index >= 15 is 17.6 Å². The summed E-state index contributed by atoms with van der Waals surface area (Å²) in [5.41, 5.74) is 4.78. The van der Waals surface area contributed by atoms with E-state index in [4.69, 9.17) is 9.97 Å². The van der Waals surface area contributed by atoms with E-state index in [9.17, 15) is 13.2 Å². The van der Waals surface area contributed by atoms with Crippen molar-refractivity contribution in [2.24, 2.45) is 17.8 Å². The molecule has 1 aliphatic carbocycles. The van der Waals surface area contributed by atoms with Crippen LogP contribution in [0.2, 0.25) is 0 Å². The number of nitrogens with zero attached hydrogens (tertiary/aromatic N) is 7. The fourth-order valence-corrected chi connectivity index (χ4v) is 13.2. The van der Waals surface area contributed by atoms with Crippen LogP contribution in [0.5, 0.6) is 0 Å². The largest absolute Gasteiger partial charge is 0.416 e. The van der Waals surface area contributed by atoms with Gasteiger partial charge in [-0.2, -0.15) is 13.2 Å². The molecule has 8 atom stereocenters. The summed E-state index contributed by atoms with van der Waals surface area (Å²) in [6, 6.07) is 8.76. The monoisotopic (exact) mass is 1120 g/mol. The number of piperazine rings is 1. The lowest BCUT2D eigenvalue weighted by molar-refractivity contribution is -0.137. The van der Waals surface area contributed by atoms with Gasteiger partial charge < -0.3 is 45.1 Å². The van der Waals surface area contributed by atoms with Crippen LogP contribution in [0.3, 0.4) is 0 Å². The molecule has 3 aromatic carbocycles. The minimum Gasteiger partial charge on any atom is -0.380 e. The van der Waals surface area contributed by atoms with Crippen LogP contribution in [0.15, 0.2) is 97.6 Å². The smallest absolute Gasteiger partial charge is 0.380 e. The van der Waals surface area contributed by atoms with E-state index < -0.39 is 53.4 Å². The number of imidazole rings is 2. The van der Waals surface area contributed by atoms with E-state index in [-0.39, 0.29) is 66.0 Å². The molecule has 4 N–H and O–H groups in total. The molecule has 0 spiro atoms. The maximum absolute atomic E-state index is 17.2. The zero-order valence-electron chi connectivity index (χ0n) is 47.6. The summed E-state index contributed by atoms with van der Waals surface area (Å²) >= 11 is 0. The third-order valence-electron chi connectivity index (χ3n) is 17.6. The lowest BCUT2D eigenvalue weighted by Crippen LogP contribution is -2.47. The first-order chi connectivity index (χ1) is 38.6. The summed E-state index contributed by atoms with van der Waals surface area (Å²) in [7, 11) is 0. The van der Waals surface area contributed by atoms with Gasteiger partial charge in [-0.25, -0.2) is 27.5 Å². The van der Waals surface area contributed by atoms with Crippen LogP contribution in [0.1, 0.15) is 134 Å². The SMILES string of the molecule is C=C(CC)N[C@H](C(=C)N1CCC[C@H]1c1nc2c([nH]1)=CC([C@H]1CC[C@H](c3cc4[nH]c([C@@H]5CCCN5C(=C)[C@@H](NC(=C)CC)C(C)C)nc4cc3F)N1c1cc(F)c(N3CCN(c4ccc(C(F)(F)F)cc4)CC3)c(F)c1)C(F)C=2)C(C)C. The minimum absolute atomic E-state index is 0.0439. The van der Waals surface area contributed by atoms with Crippen LogP contribution >= 0.6 is 0 Å². The second-order valence-corrected chi connectivity index (χ2v) is 23.5. The quantitative estimate of drug-likeness (QED) is 0.0603. The van der Waals surface area contributed by atoms with E-state index in [0.29, 0.717) is 65.0 Å². The van der Waals surface area contributed by atoms with Crippen molar-refractivity contribution in [2.75, 3.05) is 54.0 Å². The lowest BCUT2D eigenvalue weighted by atomic mass is 9.89. The van der Waals surface area contributed by atoms with E-state index in [1.807, 2.05) is 15.9 Å². The Morgan fingerprint density at radius 1 is 0.654 bits per heavy atom. The van der Waals surface area contributed by atoms with Gasteiger partial charge in [0.1, 0.15) is 29.3 Å².